The molecule has 2 fully saturated rings. The molecule has 2 aromatic heterocycles. The summed E-state index contributed by atoms with van der Waals surface area (Å²) in [6.07, 6.45) is -1.70. The summed E-state index contributed by atoms with van der Waals surface area (Å²) in [6, 6.07) is 18.3. The number of fused-ring (bicyclic) bond motifs is 2. The van der Waals surface area contributed by atoms with E-state index in [9.17, 15) is 9.50 Å². The highest BCUT2D eigenvalue weighted by Crippen LogP contribution is 2.32. The number of nitrogens with zero attached hydrogens (tertiary/aromatic N) is 1. The topological polar surface area (TPSA) is 103 Å². The van der Waals surface area contributed by atoms with Gasteiger partial charge in [0.15, 0.2) is 17.8 Å². The summed E-state index contributed by atoms with van der Waals surface area (Å²) in [6.45, 7) is 4.90. The van der Waals surface area contributed by atoms with E-state index in [2.05, 4.69) is 23.8 Å². The second-order valence-electron chi connectivity index (χ2n) is 9.19. The Bertz CT molecular complexity index is 1360. The smallest absolute Gasteiger partial charge is 0.193 e. The molecule has 2 saturated heterocycles. The zero-order chi connectivity index (χ0) is 26.6. The van der Waals surface area contributed by atoms with Gasteiger partial charge in [-0.3, -0.25) is 0 Å². The average Bonchev–Trinajstić information content (AvgIpc) is 3.61. The number of halogens is 1. The van der Waals surface area contributed by atoms with Crippen LogP contribution in [-0.4, -0.2) is 64.2 Å². The van der Waals surface area contributed by atoms with Crippen molar-refractivity contribution in [3.05, 3.63) is 66.5 Å². The molecule has 38 heavy (non-hydrogen) atoms. The standard InChI is InChI=1S/C25H22FN3O4.C4H10S/c26-17-9-18-19(10-22(28-18)33-21-12-32-24-20(30)11-31-25(21)24)29-23(17)15-3-1-13(2-4-15)14-5-7-16(27)8-6-14;1-3-5-4-2/h1-10,20-21,24-25,28,30H,11-12,27H2;3-4H2,1-2H3/t20?,21?,24-,25-;/m1./s1. The quantitative estimate of drug-likeness (QED) is 0.288. The molecule has 7 nitrogen and oxygen atoms in total. The van der Waals surface area contributed by atoms with Gasteiger partial charge in [0, 0.05) is 23.4 Å². The van der Waals surface area contributed by atoms with E-state index in [1.165, 1.54) is 17.6 Å². The van der Waals surface area contributed by atoms with Crippen LogP contribution in [0.3, 0.4) is 0 Å². The minimum atomic E-state index is -0.643. The fourth-order valence-electron chi connectivity index (χ4n) is 4.68. The Kier molecular flexibility index (Phi) is 8.18. The molecule has 2 aromatic carbocycles. The van der Waals surface area contributed by atoms with Gasteiger partial charge in [-0.25, -0.2) is 9.37 Å². The van der Waals surface area contributed by atoms with Crippen molar-refractivity contribution >= 4 is 28.5 Å². The van der Waals surface area contributed by atoms with Crippen LogP contribution in [0.1, 0.15) is 13.8 Å². The first-order valence-corrected chi connectivity index (χ1v) is 13.9. The maximum Gasteiger partial charge on any atom is 0.193 e. The summed E-state index contributed by atoms with van der Waals surface area (Å²) in [5, 5.41) is 9.89. The number of anilines is 1. The lowest BCUT2D eigenvalue weighted by molar-refractivity contribution is 0.00794. The molecule has 4 N–H and O–H groups in total. The molecule has 0 amide bonds. The van der Waals surface area contributed by atoms with E-state index in [0.29, 0.717) is 34.8 Å². The summed E-state index contributed by atoms with van der Waals surface area (Å²) in [5.41, 5.74) is 10.6. The predicted octanol–water partition coefficient (Wildman–Crippen LogP) is 5.28. The van der Waals surface area contributed by atoms with E-state index in [0.717, 1.165) is 11.1 Å². The summed E-state index contributed by atoms with van der Waals surface area (Å²) in [7, 11) is 0. The number of hydrogen-bond acceptors (Lipinski definition) is 7. The van der Waals surface area contributed by atoms with Crippen molar-refractivity contribution < 1.29 is 23.7 Å². The number of aliphatic hydroxyl groups is 1. The highest BCUT2D eigenvalue weighted by Gasteiger charge is 2.48. The summed E-state index contributed by atoms with van der Waals surface area (Å²) < 4.78 is 32.1. The van der Waals surface area contributed by atoms with E-state index in [1.807, 2.05) is 60.3 Å². The van der Waals surface area contributed by atoms with Gasteiger partial charge in [-0.2, -0.15) is 11.8 Å². The molecule has 200 valence electrons. The number of benzene rings is 2. The Hall–Kier alpha value is -3.11. The largest absolute Gasteiger partial charge is 0.470 e. The van der Waals surface area contributed by atoms with Crippen LogP contribution < -0.4 is 10.5 Å². The molecule has 0 radical (unpaired) electrons. The lowest BCUT2D eigenvalue weighted by Crippen LogP contribution is -2.34. The Morgan fingerprint density at radius 2 is 1.61 bits per heavy atom. The molecule has 9 heteroatoms. The monoisotopic (exact) mass is 537 g/mol. The Morgan fingerprint density at radius 3 is 2.26 bits per heavy atom. The molecular formula is C29H32FN3O4S. The second kappa shape index (κ2) is 11.7. The highest BCUT2D eigenvalue weighted by atomic mass is 32.2. The molecule has 2 unspecified atom stereocenters. The predicted molar refractivity (Wildman–Crippen MR) is 150 cm³/mol. The van der Waals surface area contributed by atoms with Gasteiger partial charge < -0.3 is 30.0 Å². The Balaban J connectivity index is 0.000000540. The van der Waals surface area contributed by atoms with Gasteiger partial charge >= 0.3 is 0 Å². The third kappa shape index (κ3) is 5.66. The number of pyridine rings is 1. The van der Waals surface area contributed by atoms with Crippen molar-refractivity contribution in [3.63, 3.8) is 0 Å². The number of aromatic nitrogens is 2. The molecule has 4 heterocycles. The van der Waals surface area contributed by atoms with Crippen LogP contribution in [0.25, 0.3) is 33.4 Å². The van der Waals surface area contributed by atoms with Crippen molar-refractivity contribution in [2.75, 3.05) is 30.5 Å². The second-order valence-corrected chi connectivity index (χ2v) is 10.7. The van der Waals surface area contributed by atoms with E-state index in [1.54, 1.807) is 6.07 Å². The van der Waals surface area contributed by atoms with Crippen LogP contribution in [0.2, 0.25) is 0 Å². The van der Waals surface area contributed by atoms with Crippen molar-refractivity contribution in [2.24, 2.45) is 0 Å². The van der Waals surface area contributed by atoms with E-state index < -0.39 is 11.9 Å². The summed E-state index contributed by atoms with van der Waals surface area (Å²) >= 11 is 1.96. The van der Waals surface area contributed by atoms with Crippen LogP contribution in [0, 0.1) is 5.82 Å². The number of hydrogen-bond donors (Lipinski definition) is 3. The zero-order valence-corrected chi connectivity index (χ0v) is 22.2. The minimum absolute atomic E-state index is 0.231. The van der Waals surface area contributed by atoms with Gasteiger partial charge in [0.25, 0.3) is 0 Å². The molecule has 2 aliphatic heterocycles. The van der Waals surface area contributed by atoms with E-state index >= 15 is 0 Å². The van der Waals surface area contributed by atoms with Gasteiger partial charge in [0.1, 0.15) is 24.0 Å². The molecule has 6 rings (SSSR count). The fraction of sp³-hybridized carbons (Fsp3) is 0.345. The molecule has 2 aliphatic rings. The van der Waals surface area contributed by atoms with Crippen molar-refractivity contribution in [2.45, 2.75) is 38.3 Å². The highest BCUT2D eigenvalue weighted by molar-refractivity contribution is 7.99. The number of aliphatic hydroxyl groups excluding tert-OH is 1. The van der Waals surface area contributed by atoms with Crippen LogP contribution in [0.15, 0.2) is 60.7 Å². The lowest BCUT2D eigenvalue weighted by atomic mass is 10.0. The van der Waals surface area contributed by atoms with Gasteiger partial charge in [-0.15, -0.1) is 0 Å². The number of nitrogens with one attached hydrogen (secondary N) is 1. The Morgan fingerprint density at radius 1 is 0.974 bits per heavy atom. The summed E-state index contributed by atoms with van der Waals surface area (Å²) in [5.74, 6) is 2.54. The first-order chi connectivity index (χ1) is 18.5. The number of ether oxygens (including phenoxy) is 3. The molecule has 0 saturated carbocycles. The number of thioether (sulfide) groups is 1. The fourth-order valence-corrected chi connectivity index (χ4v) is 5.09. The average molecular weight is 538 g/mol. The van der Waals surface area contributed by atoms with Crippen molar-refractivity contribution in [3.8, 4) is 28.3 Å². The number of rotatable bonds is 6. The van der Waals surface area contributed by atoms with Crippen molar-refractivity contribution in [1.29, 1.82) is 0 Å². The first kappa shape index (κ1) is 26.5. The maximum atomic E-state index is 14.9. The van der Waals surface area contributed by atoms with Crippen LogP contribution in [-0.2, 0) is 9.47 Å². The zero-order valence-electron chi connectivity index (χ0n) is 21.4. The molecule has 4 atom stereocenters. The molecule has 0 spiro atoms. The number of aromatic amines is 1. The van der Waals surface area contributed by atoms with E-state index in [-0.39, 0.29) is 30.6 Å². The molecule has 0 aliphatic carbocycles. The number of nitrogens with two attached hydrogens (primary N) is 1. The van der Waals surface area contributed by atoms with Gasteiger partial charge in [0.05, 0.1) is 24.2 Å². The molecule has 0 bridgehead atoms. The third-order valence-electron chi connectivity index (χ3n) is 6.60. The van der Waals surface area contributed by atoms with Gasteiger partial charge in [-0.05, 0) is 34.8 Å². The summed E-state index contributed by atoms with van der Waals surface area (Å²) in [4.78, 5) is 7.59. The Labute approximate surface area is 225 Å². The SMILES string of the molecule is CCSCC.Nc1ccc(-c2ccc(-c3nc4cc(OC5CO[C@@H]6C(O)CO[C@H]56)[nH]c4cc3F)cc2)cc1. The van der Waals surface area contributed by atoms with Crippen LogP contribution in [0.4, 0.5) is 10.1 Å². The van der Waals surface area contributed by atoms with Crippen LogP contribution >= 0.6 is 11.8 Å². The first-order valence-electron chi connectivity index (χ1n) is 12.8. The maximum absolute atomic E-state index is 14.9. The van der Waals surface area contributed by atoms with Gasteiger partial charge in [0.2, 0.25) is 0 Å². The number of H-pyrrole nitrogens is 1. The van der Waals surface area contributed by atoms with Crippen LogP contribution in [0.5, 0.6) is 5.88 Å². The minimum Gasteiger partial charge on any atom is -0.470 e. The molecular weight excluding hydrogens is 505 g/mol. The van der Waals surface area contributed by atoms with E-state index in [4.69, 9.17) is 19.9 Å². The molecule has 4 aromatic rings. The van der Waals surface area contributed by atoms with Crippen molar-refractivity contribution in [1.82, 2.24) is 9.97 Å². The lowest BCUT2D eigenvalue weighted by Gasteiger charge is -2.16. The normalized spacial score (nSPS) is 22.2. The number of nitrogen functional groups attached to an aromatic ring is 1. The van der Waals surface area contributed by atoms with Gasteiger partial charge in [-0.1, -0.05) is 50.2 Å². The third-order valence-corrected chi connectivity index (χ3v) is 7.42.